The van der Waals surface area contributed by atoms with Gasteiger partial charge in [0.15, 0.2) is 5.78 Å². The van der Waals surface area contributed by atoms with Crippen LogP contribution in [-0.2, 0) is 15.8 Å². The molecule has 12 heteroatoms. The van der Waals surface area contributed by atoms with Crippen molar-refractivity contribution in [3.8, 4) is 11.5 Å². The number of nitrogens with two attached hydrogens (primary N) is 2. The predicted octanol–water partition coefficient (Wildman–Crippen LogP) is 5.76. The van der Waals surface area contributed by atoms with E-state index in [1.807, 2.05) is 30.3 Å². The van der Waals surface area contributed by atoms with Crippen molar-refractivity contribution < 1.29 is 23.2 Å². The molecule has 0 saturated heterocycles. The van der Waals surface area contributed by atoms with Crippen molar-refractivity contribution >= 4 is 31.1 Å². The smallest absolute Gasteiger partial charge is 0.414 e. The van der Waals surface area contributed by atoms with E-state index >= 15 is 4.57 Å². The molecular weight excluding hydrogens is 639 g/mol. The summed E-state index contributed by atoms with van der Waals surface area (Å²) >= 11 is 0. The monoisotopic (exact) mass is 674 g/mol. The number of nitrogens with one attached hydrogen (secondary N) is 4. The molecule has 0 spiro atoms. The van der Waals surface area contributed by atoms with E-state index in [1.54, 1.807) is 97.1 Å². The molecule has 5 aromatic carbocycles. The highest BCUT2D eigenvalue weighted by molar-refractivity contribution is 7.55. The van der Waals surface area contributed by atoms with Crippen LogP contribution in [0.3, 0.4) is 0 Å². The summed E-state index contributed by atoms with van der Waals surface area (Å²) in [6, 6.07) is 37.3. The maximum absolute atomic E-state index is 15.1. The van der Waals surface area contributed by atoms with Gasteiger partial charge in [0.25, 0.3) is 5.91 Å². The summed E-state index contributed by atoms with van der Waals surface area (Å²) in [7, 11) is -4.38. The quantitative estimate of drug-likeness (QED) is 0.0489. The SMILES string of the molecule is N=C(N)c1ccc(C(=O)N[C@@H](Cc2ccccc2)C(=O)N[C@@H](c2ccc(C(=N)N)cc2)P(=O)(Oc2ccccc2)Oc2ccccc2)cc1. The molecule has 0 aromatic heterocycles. The van der Waals surface area contributed by atoms with Crippen molar-refractivity contribution in [2.45, 2.75) is 18.2 Å². The first-order valence-corrected chi connectivity index (χ1v) is 16.9. The van der Waals surface area contributed by atoms with Crippen molar-refractivity contribution in [1.82, 2.24) is 10.6 Å². The zero-order valence-corrected chi connectivity index (χ0v) is 27.2. The van der Waals surface area contributed by atoms with Gasteiger partial charge < -0.3 is 31.1 Å². The predicted molar refractivity (Wildman–Crippen MR) is 189 cm³/mol. The number of hydrogen-bond donors (Lipinski definition) is 6. The molecule has 0 saturated carbocycles. The molecule has 0 aliphatic carbocycles. The van der Waals surface area contributed by atoms with E-state index in [9.17, 15) is 9.59 Å². The fourth-order valence-corrected chi connectivity index (χ4v) is 6.81. The van der Waals surface area contributed by atoms with Gasteiger partial charge in [0.2, 0.25) is 5.91 Å². The molecule has 0 radical (unpaired) electrons. The highest BCUT2D eigenvalue weighted by Gasteiger charge is 2.43. The molecule has 0 unspecified atom stereocenters. The van der Waals surface area contributed by atoms with Crippen molar-refractivity contribution in [2.24, 2.45) is 11.5 Å². The number of hydrogen-bond acceptors (Lipinski definition) is 7. The Morgan fingerprint density at radius 1 is 0.612 bits per heavy atom. The number of carbonyl (C=O) groups is 2. The Bertz CT molecular complexity index is 1910. The number of amidine groups is 2. The van der Waals surface area contributed by atoms with Gasteiger partial charge in [-0.2, -0.15) is 0 Å². The molecule has 0 aliphatic rings. The highest BCUT2D eigenvalue weighted by atomic mass is 31.2. The highest BCUT2D eigenvalue weighted by Crippen LogP contribution is 2.59. The Hall–Kier alpha value is -6.19. The van der Waals surface area contributed by atoms with Crippen LogP contribution in [0, 0.1) is 10.8 Å². The molecule has 0 fully saturated rings. The van der Waals surface area contributed by atoms with Crippen LogP contribution in [0.25, 0.3) is 0 Å². The largest absolute Gasteiger partial charge is 0.457 e. The zero-order chi connectivity index (χ0) is 34.8. The maximum atomic E-state index is 15.1. The first kappa shape index (κ1) is 34.2. The Kier molecular flexibility index (Phi) is 10.9. The van der Waals surface area contributed by atoms with Crippen LogP contribution in [-0.4, -0.2) is 29.5 Å². The van der Waals surface area contributed by atoms with Crippen LogP contribution in [0.4, 0.5) is 0 Å². The number of nitrogen functional groups attached to an aromatic ring is 2. The minimum atomic E-state index is -4.38. The third-order valence-corrected chi connectivity index (χ3v) is 9.44. The Balaban J connectivity index is 1.54. The molecule has 5 aromatic rings. The Morgan fingerprint density at radius 3 is 1.51 bits per heavy atom. The van der Waals surface area contributed by atoms with Gasteiger partial charge in [-0.15, -0.1) is 0 Å². The van der Waals surface area contributed by atoms with Gasteiger partial charge >= 0.3 is 7.60 Å². The Labute approximate surface area is 283 Å². The van der Waals surface area contributed by atoms with Crippen LogP contribution in [0.5, 0.6) is 11.5 Å². The second-order valence-corrected chi connectivity index (χ2v) is 13.0. The van der Waals surface area contributed by atoms with Crippen LogP contribution in [0.1, 0.15) is 38.4 Å². The summed E-state index contributed by atoms with van der Waals surface area (Å²) in [6.07, 6.45) is 0.101. The number of amides is 2. The first-order chi connectivity index (χ1) is 23.6. The van der Waals surface area contributed by atoms with Crippen LogP contribution in [0.15, 0.2) is 140 Å². The molecule has 0 heterocycles. The second kappa shape index (κ2) is 15.6. The van der Waals surface area contributed by atoms with Gasteiger partial charge in [-0.3, -0.25) is 20.4 Å². The molecule has 2 atom stereocenters. The molecule has 0 aliphatic heterocycles. The summed E-state index contributed by atoms with van der Waals surface area (Å²) in [5.74, 6) is -2.42. The molecule has 2 amide bonds. The topological polar surface area (TPSA) is 193 Å². The molecule has 49 heavy (non-hydrogen) atoms. The van der Waals surface area contributed by atoms with E-state index in [1.165, 1.54) is 12.1 Å². The minimum Gasteiger partial charge on any atom is -0.414 e. The number of carbonyl (C=O) groups excluding carboxylic acids is 2. The fraction of sp³-hybridized carbons (Fsp3) is 0.0811. The molecule has 0 bridgehead atoms. The van der Waals surface area contributed by atoms with E-state index in [-0.39, 0.29) is 35.2 Å². The van der Waals surface area contributed by atoms with Crippen molar-refractivity contribution in [3.63, 3.8) is 0 Å². The number of benzene rings is 5. The lowest BCUT2D eigenvalue weighted by Crippen LogP contribution is -2.49. The van der Waals surface area contributed by atoms with E-state index in [0.29, 0.717) is 16.7 Å². The van der Waals surface area contributed by atoms with Crippen molar-refractivity contribution in [2.75, 3.05) is 0 Å². The van der Waals surface area contributed by atoms with Gasteiger partial charge in [0.05, 0.1) is 0 Å². The van der Waals surface area contributed by atoms with Gasteiger partial charge in [-0.05, 0) is 47.5 Å². The fourth-order valence-electron chi connectivity index (χ4n) is 4.91. The summed E-state index contributed by atoms with van der Waals surface area (Å²) in [5.41, 5.74) is 13.5. The van der Waals surface area contributed by atoms with E-state index < -0.39 is 31.2 Å². The average molecular weight is 675 g/mol. The maximum Gasteiger partial charge on any atom is 0.457 e. The third-order valence-electron chi connectivity index (χ3n) is 7.45. The molecule has 11 nitrogen and oxygen atoms in total. The van der Waals surface area contributed by atoms with Gasteiger partial charge in [0.1, 0.15) is 29.2 Å². The summed E-state index contributed by atoms with van der Waals surface area (Å²) < 4.78 is 27.3. The average Bonchev–Trinajstić information content (AvgIpc) is 3.11. The molecule has 5 rings (SSSR count). The summed E-state index contributed by atoms with van der Waals surface area (Å²) in [6.45, 7) is 0. The summed E-state index contributed by atoms with van der Waals surface area (Å²) in [4.78, 5) is 27.8. The number of rotatable bonds is 14. The van der Waals surface area contributed by atoms with E-state index in [4.69, 9.17) is 31.3 Å². The normalized spacial score (nSPS) is 12.2. The van der Waals surface area contributed by atoms with Crippen LogP contribution < -0.4 is 31.1 Å². The second-order valence-electron chi connectivity index (χ2n) is 11.0. The lowest BCUT2D eigenvalue weighted by atomic mass is 10.0. The molecule has 8 N–H and O–H groups in total. The Morgan fingerprint density at radius 2 is 1.04 bits per heavy atom. The van der Waals surface area contributed by atoms with Gasteiger partial charge in [-0.1, -0.05) is 103 Å². The van der Waals surface area contributed by atoms with Crippen LogP contribution in [0.2, 0.25) is 0 Å². The van der Waals surface area contributed by atoms with Crippen LogP contribution >= 0.6 is 7.60 Å². The number of para-hydroxylation sites is 2. The zero-order valence-electron chi connectivity index (χ0n) is 26.3. The van der Waals surface area contributed by atoms with Crippen molar-refractivity contribution in [3.05, 3.63) is 167 Å². The molecule has 248 valence electrons. The standard InChI is InChI=1S/C37H35N6O5P/c38-33(39)26-16-20-28(21-17-26)35(44)42-32(24-25-10-4-1-5-11-25)36(45)43-37(29-22-18-27(19-23-29)34(40)41)49(46,47-30-12-6-2-7-13-30)48-31-14-8-3-9-15-31/h1-23,32,37H,24H2,(H3,38,39)(H3,40,41)(H,42,44)(H,43,45)/t32-,37+/m0/s1. The molecular formula is C37H35N6O5P. The third kappa shape index (κ3) is 9.00. The van der Waals surface area contributed by atoms with E-state index in [0.717, 1.165) is 5.56 Å². The van der Waals surface area contributed by atoms with Crippen molar-refractivity contribution in [1.29, 1.82) is 10.8 Å². The first-order valence-electron chi connectivity index (χ1n) is 15.2. The van der Waals surface area contributed by atoms with E-state index in [2.05, 4.69) is 10.6 Å². The minimum absolute atomic E-state index is 0.101. The van der Waals surface area contributed by atoms with Gasteiger partial charge in [0, 0.05) is 23.1 Å². The lowest BCUT2D eigenvalue weighted by molar-refractivity contribution is -0.123. The summed E-state index contributed by atoms with van der Waals surface area (Å²) in [5, 5.41) is 21.1. The lowest BCUT2D eigenvalue weighted by Gasteiger charge is -2.30. The van der Waals surface area contributed by atoms with Gasteiger partial charge in [-0.25, -0.2) is 4.57 Å².